The van der Waals surface area contributed by atoms with Gasteiger partial charge in [-0.2, -0.15) is 0 Å². The minimum Gasteiger partial charge on any atom is -0.368 e. The summed E-state index contributed by atoms with van der Waals surface area (Å²) in [7, 11) is 0. The Balaban J connectivity index is 2.06. The maximum atomic E-state index is 14.1. The zero-order chi connectivity index (χ0) is 16.4. The number of rotatable bonds is 3. The number of benzene rings is 2. The van der Waals surface area contributed by atoms with E-state index in [1.165, 1.54) is 18.2 Å². The van der Waals surface area contributed by atoms with Crippen molar-refractivity contribution < 1.29 is 9.18 Å². The fraction of sp³-hybridized carbons (Fsp3) is 0. The molecule has 0 saturated heterocycles. The third kappa shape index (κ3) is 2.87. The van der Waals surface area contributed by atoms with Crippen LogP contribution in [-0.2, 0) is 0 Å². The molecule has 23 heavy (non-hydrogen) atoms. The summed E-state index contributed by atoms with van der Waals surface area (Å²) in [5.41, 5.74) is 13.2. The van der Waals surface area contributed by atoms with Crippen molar-refractivity contribution in [3.05, 3.63) is 66.1 Å². The van der Waals surface area contributed by atoms with E-state index < -0.39 is 11.7 Å². The molecule has 114 valence electrons. The molecular formula is C17H13FN4O. The standard InChI is InChI=1S/C17H13FN4O/c18-13-3-1-2-12(16(19)23)15(13)11-6-4-10(5-7-11)14-8-9-21-17(20)22-14/h1-9H,(H2,19,23)(H2,20,21,22). The number of carbonyl (C=O) groups excluding carboxylic acids is 1. The minimum absolute atomic E-state index is 0.143. The molecular weight excluding hydrogens is 295 g/mol. The third-order valence-corrected chi connectivity index (χ3v) is 3.42. The van der Waals surface area contributed by atoms with Crippen molar-refractivity contribution in [3.8, 4) is 22.4 Å². The first-order chi connectivity index (χ1) is 11.1. The second-order valence-corrected chi connectivity index (χ2v) is 4.90. The monoisotopic (exact) mass is 308 g/mol. The van der Waals surface area contributed by atoms with Crippen molar-refractivity contribution in [2.45, 2.75) is 0 Å². The van der Waals surface area contributed by atoms with Gasteiger partial charge in [0.05, 0.1) is 5.69 Å². The molecule has 1 amide bonds. The van der Waals surface area contributed by atoms with Gasteiger partial charge in [-0.05, 0) is 23.8 Å². The number of hydrogen-bond acceptors (Lipinski definition) is 4. The van der Waals surface area contributed by atoms with Gasteiger partial charge in [-0.25, -0.2) is 14.4 Å². The SMILES string of the molecule is NC(=O)c1cccc(F)c1-c1ccc(-c2ccnc(N)n2)cc1. The Morgan fingerprint density at radius 2 is 1.70 bits per heavy atom. The van der Waals surface area contributed by atoms with Crippen LogP contribution in [0.5, 0.6) is 0 Å². The molecule has 5 nitrogen and oxygen atoms in total. The van der Waals surface area contributed by atoms with Crippen molar-refractivity contribution in [1.29, 1.82) is 0 Å². The van der Waals surface area contributed by atoms with Gasteiger partial charge in [-0.15, -0.1) is 0 Å². The van der Waals surface area contributed by atoms with Crippen LogP contribution in [-0.4, -0.2) is 15.9 Å². The van der Waals surface area contributed by atoms with Crippen LogP contribution in [0.3, 0.4) is 0 Å². The smallest absolute Gasteiger partial charge is 0.249 e. The molecule has 0 aliphatic carbocycles. The van der Waals surface area contributed by atoms with Crippen LogP contribution < -0.4 is 11.5 Å². The van der Waals surface area contributed by atoms with Gasteiger partial charge in [0.1, 0.15) is 5.82 Å². The Kier molecular flexibility index (Phi) is 3.72. The molecule has 0 spiro atoms. The van der Waals surface area contributed by atoms with E-state index in [-0.39, 0.29) is 17.1 Å². The molecule has 0 unspecified atom stereocenters. The van der Waals surface area contributed by atoms with Gasteiger partial charge >= 0.3 is 0 Å². The lowest BCUT2D eigenvalue weighted by Gasteiger charge is -2.09. The van der Waals surface area contributed by atoms with E-state index >= 15 is 0 Å². The van der Waals surface area contributed by atoms with E-state index in [4.69, 9.17) is 11.5 Å². The summed E-state index contributed by atoms with van der Waals surface area (Å²) in [5, 5.41) is 0. The summed E-state index contributed by atoms with van der Waals surface area (Å²) >= 11 is 0. The van der Waals surface area contributed by atoms with Gasteiger partial charge in [0, 0.05) is 22.9 Å². The number of carbonyl (C=O) groups is 1. The number of halogens is 1. The summed E-state index contributed by atoms with van der Waals surface area (Å²) in [4.78, 5) is 19.5. The summed E-state index contributed by atoms with van der Waals surface area (Å²) in [6.45, 7) is 0. The van der Waals surface area contributed by atoms with E-state index in [2.05, 4.69) is 9.97 Å². The molecule has 3 aromatic rings. The maximum absolute atomic E-state index is 14.1. The molecule has 0 saturated carbocycles. The highest BCUT2D eigenvalue weighted by Gasteiger charge is 2.14. The highest BCUT2D eigenvalue weighted by Crippen LogP contribution is 2.29. The Labute approximate surface area is 131 Å². The Morgan fingerprint density at radius 3 is 2.35 bits per heavy atom. The van der Waals surface area contributed by atoms with Gasteiger partial charge < -0.3 is 11.5 Å². The van der Waals surface area contributed by atoms with Crippen LogP contribution in [0.1, 0.15) is 10.4 Å². The van der Waals surface area contributed by atoms with Crippen molar-refractivity contribution in [3.63, 3.8) is 0 Å². The third-order valence-electron chi connectivity index (χ3n) is 3.42. The van der Waals surface area contributed by atoms with Crippen molar-refractivity contribution in [1.82, 2.24) is 9.97 Å². The molecule has 3 rings (SSSR count). The second-order valence-electron chi connectivity index (χ2n) is 4.90. The van der Waals surface area contributed by atoms with Crippen LogP contribution in [0.4, 0.5) is 10.3 Å². The maximum Gasteiger partial charge on any atom is 0.249 e. The highest BCUT2D eigenvalue weighted by molar-refractivity contribution is 6.00. The van der Waals surface area contributed by atoms with Crippen LogP contribution in [0.2, 0.25) is 0 Å². The molecule has 1 aromatic heterocycles. The van der Waals surface area contributed by atoms with Gasteiger partial charge in [0.15, 0.2) is 0 Å². The summed E-state index contributed by atoms with van der Waals surface area (Å²) in [6.07, 6.45) is 1.56. The molecule has 4 N–H and O–H groups in total. The molecule has 0 radical (unpaired) electrons. The quantitative estimate of drug-likeness (QED) is 0.777. The van der Waals surface area contributed by atoms with E-state index in [1.807, 2.05) is 0 Å². The minimum atomic E-state index is -0.674. The first-order valence-corrected chi connectivity index (χ1v) is 6.84. The first kappa shape index (κ1) is 14.6. The Bertz CT molecular complexity index is 878. The van der Waals surface area contributed by atoms with Crippen molar-refractivity contribution in [2.75, 3.05) is 5.73 Å². The fourth-order valence-electron chi connectivity index (χ4n) is 2.37. The number of nitrogens with two attached hydrogens (primary N) is 2. The van der Waals surface area contributed by atoms with Gasteiger partial charge in [0.25, 0.3) is 0 Å². The summed E-state index contributed by atoms with van der Waals surface area (Å²) < 4.78 is 14.1. The largest absolute Gasteiger partial charge is 0.368 e. The molecule has 0 bridgehead atoms. The van der Waals surface area contributed by atoms with Gasteiger partial charge in [0.2, 0.25) is 11.9 Å². The zero-order valence-corrected chi connectivity index (χ0v) is 12.0. The summed E-state index contributed by atoms with van der Waals surface area (Å²) in [6, 6.07) is 12.9. The number of aromatic nitrogens is 2. The number of nitrogen functional groups attached to an aromatic ring is 1. The number of amides is 1. The Morgan fingerprint density at radius 1 is 1.00 bits per heavy atom. The highest BCUT2D eigenvalue weighted by atomic mass is 19.1. The second kappa shape index (κ2) is 5.84. The van der Waals surface area contributed by atoms with Gasteiger partial charge in [-0.3, -0.25) is 4.79 Å². The normalized spacial score (nSPS) is 10.5. The average molecular weight is 308 g/mol. The zero-order valence-electron chi connectivity index (χ0n) is 12.0. The number of primary amides is 1. The molecule has 6 heteroatoms. The predicted molar refractivity (Wildman–Crippen MR) is 85.8 cm³/mol. The number of hydrogen-bond donors (Lipinski definition) is 2. The number of anilines is 1. The summed E-state index contributed by atoms with van der Waals surface area (Å²) in [5.74, 6) is -0.996. The van der Waals surface area contributed by atoms with Crippen LogP contribution >= 0.6 is 0 Å². The van der Waals surface area contributed by atoms with Crippen LogP contribution in [0.15, 0.2) is 54.7 Å². The molecule has 2 aromatic carbocycles. The lowest BCUT2D eigenvalue weighted by atomic mass is 9.97. The molecule has 0 aliphatic rings. The first-order valence-electron chi connectivity index (χ1n) is 6.84. The average Bonchev–Trinajstić information content (AvgIpc) is 2.55. The van der Waals surface area contributed by atoms with Crippen LogP contribution in [0.25, 0.3) is 22.4 Å². The fourth-order valence-corrected chi connectivity index (χ4v) is 2.37. The Hall–Kier alpha value is -3.28. The van der Waals surface area contributed by atoms with E-state index in [0.29, 0.717) is 11.3 Å². The predicted octanol–water partition coefficient (Wildman–Crippen LogP) is 2.63. The van der Waals surface area contributed by atoms with E-state index in [9.17, 15) is 9.18 Å². The lowest BCUT2D eigenvalue weighted by molar-refractivity contribution is 0.100. The topological polar surface area (TPSA) is 94.9 Å². The number of nitrogens with zero attached hydrogens (tertiary/aromatic N) is 2. The van der Waals surface area contributed by atoms with E-state index in [1.54, 1.807) is 36.5 Å². The van der Waals surface area contributed by atoms with Gasteiger partial charge in [-0.1, -0.05) is 30.3 Å². The molecule has 0 fully saturated rings. The van der Waals surface area contributed by atoms with E-state index in [0.717, 1.165) is 5.56 Å². The molecule has 0 atom stereocenters. The van der Waals surface area contributed by atoms with Crippen LogP contribution in [0, 0.1) is 5.82 Å². The molecule has 1 heterocycles. The lowest BCUT2D eigenvalue weighted by Crippen LogP contribution is -2.13. The molecule has 0 aliphatic heterocycles. The van der Waals surface area contributed by atoms with Crippen molar-refractivity contribution in [2.24, 2.45) is 5.73 Å². The van der Waals surface area contributed by atoms with Crippen molar-refractivity contribution >= 4 is 11.9 Å².